The number of rotatable bonds is 6. The Morgan fingerprint density at radius 1 is 0.938 bits per heavy atom. The molecule has 0 unspecified atom stereocenters. The smallest absolute Gasteiger partial charge is 0.326 e. The first-order chi connectivity index (χ1) is 15.4. The van der Waals surface area contributed by atoms with Crippen molar-refractivity contribution in [2.75, 3.05) is 13.2 Å². The zero-order valence-electron chi connectivity index (χ0n) is 17.3. The Hall–Kier alpha value is -2.80. The molecule has 1 aliphatic heterocycles. The van der Waals surface area contributed by atoms with Crippen LogP contribution in [-0.4, -0.2) is 41.6 Å². The third-order valence-electron chi connectivity index (χ3n) is 7.15. The summed E-state index contributed by atoms with van der Waals surface area (Å²) in [6, 6.07) is 16.9. The molecule has 2 saturated carbocycles. The van der Waals surface area contributed by atoms with Gasteiger partial charge in [-0.15, -0.1) is 0 Å². The molecule has 2 amide bonds. The molecule has 1 heterocycles. The molecule has 3 fully saturated rings. The molecule has 2 aromatic carbocycles. The van der Waals surface area contributed by atoms with Crippen LogP contribution in [0.15, 0.2) is 59.1 Å². The van der Waals surface area contributed by atoms with E-state index in [0.29, 0.717) is 5.56 Å². The van der Waals surface area contributed by atoms with Crippen molar-refractivity contribution in [3.8, 4) is 0 Å². The summed E-state index contributed by atoms with van der Waals surface area (Å²) in [6.07, 6.45) is 1.78. The number of hydrogen-bond acceptors (Lipinski definition) is 5. The minimum Gasteiger partial charge on any atom is -0.456 e. The molecule has 0 N–H and O–H groups in total. The molecular weight excluding hydrogens is 474 g/mol. The van der Waals surface area contributed by atoms with E-state index < -0.39 is 19.1 Å². The number of Topliss-reactive ketones (excluding diaryl/α,β-unsaturated/α-hetero) is 1. The normalized spacial score (nSPS) is 28.2. The van der Waals surface area contributed by atoms with E-state index in [-0.39, 0.29) is 47.2 Å². The van der Waals surface area contributed by atoms with Gasteiger partial charge in [-0.3, -0.25) is 24.1 Å². The van der Waals surface area contributed by atoms with Gasteiger partial charge in [-0.25, -0.2) is 0 Å². The molecule has 3 aliphatic rings. The van der Waals surface area contributed by atoms with Crippen molar-refractivity contribution in [3.05, 3.63) is 70.2 Å². The van der Waals surface area contributed by atoms with Crippen LogP contribution in [-0.2, 0) is 19.1 Å². The molecule has 164 valence electrons. The minimum atomic E-state index is -0.746. The quantitative estimate of drug-likeness (QED) is 0.347. The van der Waals surface area contributed by atoms with Crippen molar-refractivity contribution in [1.29, 1.82) is 0 Å². The van der Waals surface area contributed by atoms with Crippen LogP contribution in [0.5, 0.6) is 0 Å². The molecule has 2 bridgehead atoms. The Morgan fingerprint density at radius 3 is 2.34 bits per heavy atom. The molecule has 1 saturated heterocycles. The van der Waals surface area contributed by atoms with Gasteiger partial charge in [0.15, 0.2) is 12.4 Å². The molecule has 2 aromatic rings. The van der Waals surface area contributed by atoms with E-state index in [1.807, 2.05) is 18.2 Å². The molecule has 2 aliphatic carbocycles. The second-order valence-electron chi connectivity index (χ2n) is 8.82. The highest BCUT2D eigenvalue weighted by atomic mass is 79.9. The van der Waals surface area contributed by atoms with Gasteiger partial charge in [-0.1, -0.05) is 58.4 Å². The van der Waals surface area contributed by atoms with E-state index in [1.165, 1.54) is 5.56 Å². The lowest BCUT2D eigenvalue weighted by Crippen LogP contribution is -2.38. The number of carbonyl (C=O) groups is 4. The molecule has 6 nitrogen and oxygen atoms in total. The Labute approximate surface area is 194 Å². The Kier molecular flexibility index (Phi) is 5.45. The largest absolute Gasteiger partial charge is 0.456 e. The van der Waals surface area contributed by atoms with Crippen molar-refractivity contribution < 1.29 is 23.9 Å². The standard InChI is InChI=1S/C25H22BrNO5/c26-17-8-6-15(7-9-17)20(28)13-32-21(29)12-27-24(30)22-16-10-18(14-4-2-1-3-5-14)19(11-16)23(22)25(27)31/h1-9,16,18-19,22-23H,10-13H2/t16-,18+,19+,22+,23+/m0/s1. The molecular formula is C25H22BrNO5. The Bertz CT molecular complexity index is 1080. The summed E-state index contributed by atoms with van der Waals surface area (Å²) in [7, 11) is 0. The van der Waals surface area contributed by atoms with Gasteiger partial charge in [-0.05, 0) is 48.3 Å². The van der Waals surface area contributed by atoms with Gasteiger partial charge in [0.25, 0.3) is 0 Å². The first-order valence-corrected chi connectivity index (χ1v) is 11.6. The summed E-state index contributed by atoms with van der Waals surface area (Å²) >= 11 is 3.30. The molecule has 5 atom stereocenters. The van der Waals surface area contributed by atoms with Gasteiger partial charge >= 0.3 is 5.97 Å². The van der Waals surface area contributed by atoms with Gasteiger partial charge in [0.1, 0.15) is 6.54 Å². The molecule has 0 radical (unpaired) electrons. The number of fused-ring (bicyclic) bond motifs is 5. The first-order valence-electron chi connectivity index (χ1n) is 10.8. The predicted molar refractivity (Wildman–Crippen MR) is 119 cm³/mol. The number of hydrogen-bond donors (Lipinski definition) is 0. The molecule has 0 spiro atoms. The highest BCUT2D eigenvalue weighted by Crippen LogP contribution is 2.61. The Morgan fingerprint density at radius 2 is 1.62 bits per heavy atom. The number of halogens is 1. The number of amides is 2. The average Bonchev–Trinajstić information content (AvgIpc) is 3.46. The van der Waals surface area contributed by atoms with Gasteiger partial charge in [0, 0.05) is 10.0 Å². The first kappa shape index (κ1) is 21.1. The van der Waals surface area contributed by atoms with Crippen molar-refractivity contribution in [2.45, 2.75) is 18.8 Å². The minimum absolute atomic E-state index is 0.129. The van der Waals surface area contributed by atoms with Crippen molar-refractivity contribution in [2.24, 2.45) is 23.7 Å². The number of esters is 1. The van der Waals surface area contributed by atoms with Crippen LogP contribution in [0, 0.1) is 23.7 Å². The number of ether oxygens (including phenoxy) is 1. The fraction of sp³-hybridized carbons (Fsp3) is 0.360. The molecule has 5 rings (SSSR count). The second-order valence-corrected chi connectivity index (χ2v) is 9.73. The lowest BCUT2D eigenvalue weighted by Gasteiger charge is -2.28. The van der Waals surface area contributed by atoms with Crippen molar-refractivity contribution in [3.63, 3.8) is 0 Å². The number of carbonyl (C=O) groups excluding carboxylic acids is 4. The van der Waals surface area contributed by atoms with Crippen LogP contribution >= 0.6 is 15.9 Å². The summed E-state index contributed by atoms with van der Waals surface area (Å²) in [4.78, 5) is 51.7. The molecule has 0 aromatic heterocycles. The highest BCUT2D eigenvalue weighted by molar-refractivity contribution is 9.10. The number of likely N-dealkylation sites (tertiary alicyclic amines) is 1. The van der Waals surface area contributed by atoms with E-state index in [1.54, 1.807) is 24.3 Å². The van der Waals surface area contributed by atoms with Crippen molar-refractivity contribution in [1.82, 2.24) is 4.90 Å². The van der Waals surface area contributed by atoms with Crippen LogP contribution in [0.1, 0.15) is 34.7 Å². The van der Waals surface area contributed by atoms with Crippen molar-refractivity contribution >= 4 is 39.5 Å². The van der Waals surface area contributed by atoms with Gasteiger partial charge < -0.3 is 4.74 Å². The summed E-state index contributed by atoms with van der Waals surface area (Å²) in [5.74, 6) is -1.74. The van der Waals surface area contributed by atoms with Gasteiger partial charge in [-0.2, -0.15) is 0 Å². The monoisotopic (exact) mass is 495 g/mol. The van der Waals surface area contributed by atoms with Crippen LogP contribution in [0.25, 0.3) is 0 Å². The summed E-state index contributed by atoms with van der Waals surface area (Å²) in [5.41, 5.74) is 1.63. The van der Waals surface area contributed by atoms with E-state index in [0.717, 1.165) is 22.2 Å². The molecule has 32 heavy (non-hydrogen) atoms. The lowest BCUT2D eigenvalue weighted by molar-refractivity contribution is -0.152. The number of benzene rings is 2. The fourth-order valence-electron chi connectivity index (χ4n) is 5.80. The zero-order valence-corrected chi connectivity index (χ0v) is 18.9. The average molecular weight is 496 g/mol. The highest BCUT2D eigenvalue weighted by Gasteiger charge is 2.64. The number of ketones is 1. The SMILES string of the molecule is O=C(CN1C(=O)[C@@H]2[C@@H]3C[C@@H]([C@H]2C1=O)[C@@H](c1ccccc1)C3)OCC(=O)c1ccc(Br)cc1. The Balaban J connectivity index is 1.22. The summed E-state index contributed by atoms with van der Waals surface area (Å²) in [6.45, 7) is -0.862. The van der Waals surface area contributed by atoms with Crippen LogP contribution < -0.4 is 0 Å². The van der Waals surface area contributed by atoms with E-state index in [9.17, 15) is 19.2 Å². The fourth-order valence-corrected chi connectivity index (χ4v) is 6.06. The third kappa shape index (κ3) is 3.58. The zero-order chi connectivity index (χ0) is 22.4. The third-order valence-corrected chi connectivity index (χ3v) is 7.68. The summed E-state index contributed by atoms with van der Waals surface area (Å²) in [5, 5.41) is 0. The number of imide groups is 1. The van der Waals surface area contributed by atoms with E-state index in [4.69, 9.17) is 4.74 Å². The van der Waals surface area contributed by atoms with Crippen LogP contribution in [0.2, 0.25) is 0 Å². The maximum atomic E-state index is 13.1. The van der Waals surface area contributed by atoms with Crippen LogP contribution in [0.3, 0.4) is 0 Å². The lowest BCUT2D eigenvalue weighted by atomic mass is 9.73. The van der Waals surface area contributed by atoms with E-state index in [2.05, 4.69) is 28.1 Å². The van der Waals surface area contributed by atoms with Crippen LogP contribution in [0.4, 0.5) is 0 Å². The topological polar surface area (TPSA) is 80.8 Å². The van der Waals surface area contributed by atoms with Gasteiger partial charge in [0.2, 0.25) is 11.8 Å². The second kappa shape index (κ2) is 8.28. The molecule has 7 heteroatoms. The number of nitrogens with zero attached hydrogens (tertiary/aromatic N) is 1. The summed E-state index contributed by atoms with van der Waals surface area (Å²) < 4.78 is 5.92. The maximum Gasteiger partial charge on any atom is 0.326 e. The van der Waals surface area contributed by atoms with E-state index >= 15 is 0 Å². The maximum absolute atomic E-state index is 13.1. The van der Waals surface area contributed by atoms with Gasteiger partial charge in [0.05, 0.1) is 11.8 Å². The predicted octanol–water partition coefficient (Wildman–Crippen LogP) is 3.60.